The Morgan fingerprint density at radius 3 is 2.28 bits per heavy atom. The van der Waals surface area contributed by atoms with E-state index in [1.807, 2.05) is 39.9 Å². The second kappa shape index (κ2) is 11.7. The summed E-state index contributed by atoms with van der Waals surface area (Å²) in [5.74, 6) is -0.209. The molecule has 3 heterocycles. The van der Waals surface area contributed by atoms with Crippen molar-refractivity contribution in [3.8, 4) is 5.69 Å². The molecule has 43 heavy (non-hydrogen) atoms. The number of rotatable bonds is 7. The van der Waals surface area contributed by atoms with Gasteiger partial charge in [-0.1, -0.05) is 49.4 Å². The summed E-state index contributed by atoms with van der Waals surface area (Å²) in [6.07, 6.45) is 5.49. The van der Waals surface area contributed by atoms with E-state index in [1.54, 1.807) is 30.5 Å². The van der Waals surface area contributed by atoms with Crippen LogP contribution < -0.4 is 0 Å². The van der Waals surface area contributed by atoms with Crippen molar-refractivity contribution in [2.24, 2.45) is 0 Å². The standard InChI is InChI=1S/C34H37FN4O3S/c1-34(27-6-4-3-5-7-27)18-21-38(24-34)33(40)31-22-36-39(29-12-10-28(35)11-13-29)32(31)26-16-19-37(20-17-26)23-25-8-14-30(15-9-25)43(2,41)42/h3-15,22,26H,16-21,23-24H2,1-2H3. The Morgan fingerprint density at radius 2 is 1.63 bits per heavy atom. The molecule has 9 heteroatoms. The predicted octanol–water partition coefficient (Wildman–Crippen LogP) is 5.60. The van der Waals surface area contributed by atoms with Crippen LogP contribution >= 0.6 is 0 Å². The van der Waals surface area contributed by atoms with Crippen LogP contribution in [0.1, 0.15) is 59.3 Å². The van der Waals surface area contributed by atoms with Gasteiger partial charge in [0.25, 0.3) is 5.91 Å². The lowest BCUT2D eigenvalue weighted by Gasteiger charge is -2.33. The number of halogens is 1. The monoisotopic (exact) mass is 600 g/mol. The Kier molecular flexibility index (Phi) is 7.96. The lowest BCUT2D eigenvalue weighted by Crippen LogP contribution is -2.35. The van der Waals surface area contributed by atoms with Crippen LogP contribution in [-0.4, -0.2) is 66.3 Å². The molecular weight excluding hydrogens is 563 g/mol. The summed E-state index contributed by atoms with van der Waals surface area (Å²) in [5.41, 5.74) is 4.45. The molecule has 224 valence electrons. The summed E-state index contributed by atoms with van der Waals surface area (Å²) >= 11 is 0. The van der Waals surface area contributed by atoms with Gasteiger partial charge < -0.3 is 4.90 Å². The molecule has 7 nitrogen and oxygen atoms in total. The molecule has 3 aromatic carbocycles. The molecular formula is C34H37FN4O3S. The van der Waals surface area contributed by atoms with Crippen molar-refractivity contribution in [2.75, 3.05) is 32.4 Å². The maximum atomic E-state index is 14.1. The number of carbonyl (C=O) groups excluding carboxylic acids is 1. The highest BCUT2D eigenvalue weighted by Crippen LogP contribution is 2.37. The number of nitrogens with zero attached hydrogens (tertiary/aromatic N) is 4. The van der Waals surface area contributed by atoms with Crippen molar-refractivity contribution in [1.82, 2.24) is 19.6 Å². The first kappa shape index (κ1) is 29.3. The SMILES string of the molecule is CC1(c2ccccc2)CCN(C(=O)c2cnn(-c3ccc(F)cc3)c2C2CCN(Cc3ccc(S(C)(=O)=O)cc3)CC2)C1. The fraction of sp³-hybridized carbons (Fsp3) is 0.353. The topological polar surface area (TPSA) is 75.5 Å². The second-order valence-electron chi connectivity index (χ2n) is 12.2. The normalized spacial score (nSPS) is 20.0. The summed E-state index contributed by atoms with van der Waals surface area (Å²) in [5, 5.41) is 4.68. The first-order chi connectivity index (χ1) is 20.6. The first-order valence-corrected chi connectivity index (χ1v) is 16.7. The Morgan fingerprint density at radius 1 is 0.953 bits per heavy atom. The van der Waals surface area contributed by atoms with Crippen LogP contribution in [0.15, 0.2) is 90.0 Å². The van der Waals surface area contributed by atoms with Crippen LogP contribution in [0.2, 0.25) is 0 Å². The fourth-order valence-electron chi connectivity index (χ4n) is 6.55. The average Bonchev–Trinajstić information content (AvgIpc) is 3.63. The van der Waals surface area contributed by atoms with Gasteiger partial charge in [-0.3, -0.25) is 9.69 Å². The Labute approximate surface area is 252 Å². The summed E-state index contributed by atoms with van der Waals surface area (Å²) in [6, 6.07) is 23.7. The molecule has 0 aliphatic carbocycles. The minimum atomic E-state index is -3.23. The molecule has 0 N–H and O–H groups in total. The molecule has 0 radical (unpaired) electrons. The summed E-state index contributed by atoms with van der Waals surface area (Å²) in [7, 11) is -3.23. The van der Waals surface area contributed by atoms with Crippen molar-refractivity contribution < 1.29 is 17.6 Å². The maximum absolute atomic E-state index is 14.1. The van der Waals surface area contributed by atoms with Crippen molar-refractivity contribution in [3.63, 3.8) is 0 Å². The molecule has 0 saturated carbocycles. The van der Waals surface area contributed by atoms with Crippen molar-refractivity contribution in [2.45, 2.75) is 49.0 Å². The van der Waals surface area contributed by atoms with E-state index in [1.165, 1.54) is 24.0 Å². The summed E-state index contributed by atoms with van der Waals surface area (Å²) in [6.45, 7) is 5.94. The number of hydrogen-bond donors (Lipinski definition) is 0. The van der Waals surface area contributed by atoms with Gasteiger partial charge in [0.2, 0.25) is 0 Å². The second-order valence-corrected chi connectivity index (χ2v) is 14.2. The van der Waals surface area contributed by atoms with E-state index >= 15 is 0 Å². The third kappa shape index (κ3) is 6.15. The zero-order chi connectivity index (χ0) is 30.2. The highest BCUT2D eigenvalue weighted by atomic mass is 32.2. The third-order valence-electron chi connectivity index (χ3n) is 9.07. The van der Waals surface area contributed by atoms with Gasteiger partial charge in [-0.15, -0.1) is 0 Å². The van der Waals surface area contributed by atoms with Gasteiger partial charge in [0.15, 0.2) is 9.84 Å². The minimum Gasteiger partial charge on any atom is -0.338 e. The fourth-order valence-corrected chi connectivity index (χ4v) is 7.18. The number of amides is 1. The van der Waals surface area contributed by atoms with Crippen molar-refractivity contribution in [1.29, 1.82) is 0 Å². The van der Waals surface area contributed by atoms with Gasteiger partial charge >= 0.3 is 0 Å². The van der Waals surface area contributed by atoms with Crippen molar-refractivity contribution >= 4 is 15.7 Å². The Hall–Kier alpha value is -3.82. The molecule has 0 bridgehead atoms. The molecule has 4 aromatic rings. The van der Waals surface area contributed by atoms with E-state index in [-0.39, 0.29) is 23.1 Å². The predicted molar refractivity (Wildman–Crippen MR) is 165 cm³/mol. The van der Waals surface area contributed by atoms with E-state index < -0.39 is 9.84 Å². The van der Waals surface area contributed by atoms with Crippen LogP contribution in [0.5, 0.6) is 0 Å². The van der Waals surface area contributed by atoms with E-state index in [9.17, 15) is 17.6 Å². The smallest absolute Gasteiger partial charge is 0.257 e. The molecule has 2 aliphatic heterocycles. The van der Waals surface area contributed by atoms with Gasteiger partial charge in [0, 0.05) is 37.2 Å². The number of sulfone groups is 1. The lowest BCUT2D eigenvalue weighted by molar-refractivity contribution is 0.0782. The molecule has 1 amide bonds. The highest BCUT2D eigenvalue weighted by molar-refractivity contribution is 7.90. The van der Waals surface area contributed by atoms with Crippen molar-refractivity contribution in [3.05, 3.63) is 113 Å². The van der Waals surface area contributed by atoms with Gasteiger partial charge in [-0.05, 0) is 79.9 Å². The van der Waals surface area contributed by atoms with Crippen LogP contribution in [0.3, 0.4) is 0 Å². The van der Waals surface area contributed by atoms with Gasteiger partial charge in [0.1, 0.15) is 5.82 Å². The van der Waals surface area contributed by atoms with Crippen LogP contribution in [0, 0.1) is 5.82 Å². The molecule has 1 atom stereocenters. The van der Waals surface area contributed by atoms with Gasteiger partial charge in [0.05, 0.1) is 28.0 Å². The summed E-state index contributed by atoms with van der Waals surface area (Å²) < 4.78 is 39.3. The summed E-state index contributed by atoms with van der Waals surface area (Å²) in [4.78, 5) is 18.7. The highest BCUT2D eigenvalue weighted by Gasteiger charge is 2.39. The molecule has 6 rings (SSSR count). The van der Waals surface area contributed by atoms with E-state index in [0.29, 0.717) is 23.5 Å². The number of hydrogen-bond acceptors (Lipinski definition) is 5. The zero-order valence-electron chi connectivity index (χ0n) is 24.6. The zero-order valence-corrected chi connectivity index (χ0v) is 25.4. The molecule has 0 spiro atoms. The van der Waals surface area contributed by atoms with Gasteiger partial charge in [-0.2, -0.15) is 5.10 Å². The largest absolute Gasteiger partial charge is 0.338 e. The third-order valence-corrected chi connectivity index (χ3v) is 10.2. The maximum Gasteiger partial charge on any atom is 0.257 e. The molecule has 1 unspecified atom stereocenters. The molecule has 2 fully saturated rings. The van der Waals surface area contributed by atoms with E-state index in [2.05, 4.69) is 29.1 Å². The van der Waals surface area contributed by atoms with E-state index in [0.717, 1.165) is 55.8 Å². The number of carbonyl (C=O) groups is 1. The molecule has 1 aromatic heterocycles. The molecule has 2 aliphatic rings. The van der Waals surface area contributed by atoms with Crippen LogP contribution in [0.25, 0.3) is 5.69 Å². The Bertz CT molecular complexity index is 1700. The molecule has 2 saturated heterocycles. The van der Waals surface area contributed by atoms with E-state index in [4.69, 9.17) is 0 Å². The lowest BCUT2D eigenvalue weighted by atomic mass is 9.82. The number of benzene rings is 3. The Balaban J connectivity index is 1.22. The number of aromatic nitrogens is 2. The number of likely N-dealkylation sites (tertiary alicyclic amines) is 2. The first-order valence-electron chi connectivity index (χ1n) is 14.8. The quantitative estimate of drug-likeness (QED) is 0.276. The number of piperidine rings is 1. The van der Waals surface area contributed by atoms with Crippen LogP contribution in [-0.2, 0) is 21.8 Å². The minimum absolute atomic E-state index is 0.00332. The van der Waals surface area contributed by atoms with Crippen LogP contribution in [0.4, 0.5) is 4.39 Å². The van der Waals surface area contributed by atoms with Gasteiger partial charge in [-0.25, -0.2) is 17.5 Å². The average molecular weight is 601 g/mol.